The molecule has 2 N–H and O–H groups in total. The average Bonchev–Trinajstić information content (AvgIpc) is 2.60. The number of pyridine rings is 1. The maximum Gasteiger partial charge on any atom is 0.279 e. The number of fused-ring (bicyclic) bond motifs is 1. The van der Waals surface area contributed by atoms with E-state index in [1.807, 2.05) is 0 Å². The van der Waals surface area contributed by atoms with Gasteiger partial charge in [0.15, 0.2) is 0 Å². The summed E-state index contributed by atoms with van der Waals surface area (Å²) in [6, 6.07) is 7.95. The molecule has 0 spiro atoms. The van der Waals surface area contributed by atoms with Crippen LogP contribution in [0.15, 0.2) is 42.6 Å². The molecule has 0 aliphatic carbocycles. The Kier molecular flexibility index (Phi) is 5.16. The van der Waals surface area contributed by atoms with Gasteiger partial charge in [0.05, 0.1) is 16.4 Å². The predicted molar refractivity (Wildman–Crippen MR) is 102 cm³/mol. The predicted octanol–water partition coefficient (Wildman–Crippen LogP) is 4.38. The molecule has 0 fully saturated rings. The number of carbonyl (C=O) groups excluding carboxylic acids is 1. The van der Waals surface area contributed by atoms with Gasteiger partial charge in [-0.15, -0.1) is 0 Å². The third-order valence-electron chi connectivity index (χ3n) is 4.00. The van der Waals surface area contributed by atoms with Crippen LogP contribution in [-0.2, 0) is 4.79 Å². The van der Waals surface area contributed by atoms with Crippen molar-refractivity contribution in [3.8, 4) is 5.75 Å². The number of nitrogens with one attached hydrogen (secondary N) is 1. The molecule has 0 saturated carbocycles. The first-order valence-corrected chi connectivity index (χ1v) is 8.52. The van der Waals surface area contributed by atoms with E-state index < -0.39 is 16.9 Å². The Bertz CT molecular complexity index is 1070. The molecule has 1 heterocycles. The van der Waals surface area contributed by atoms with E-state index in [2.05, 4.69) is 10.3 Å². The van der Waals surface area contributed by atoms with Crippen molar-refractivity contribution in [2.24, 2.45) is 0 Å². The smallest absolute Gasteiger partial charge is 0.279 e. The number of benzene rings is 2. The van der Waals surface area contributed by atoms with E-state index in [9.17, 15) is 20.0 Å². The molecule has 138 valence electrons. The molecule has 3 aromatic rings. The normalized spacial score (nSPS) is 12.0. The standard InChI is InChI=1S/C18H13Cl2N3O4/c1-9(24)22-16(11-5-4-10(19)7-14(11)20)13-8-15(23(26)27)12-3-2-6-21-17(12)18(13)25/h2-8,16,25H,1H3,(H,22,24)/t16-/m1/s1. The minimum absolute atomic E-state index is 0.0575. The van der Waals surface area contributed by atoms with E-state index in [-0.39, 0.29) is 32.9 Å². The van der Waals surface area contributed by atoms with Crippen molar-refractivity contribution in [3.63, 3.8) is 0 Å². The highest BCUT2D eigenvalue weighted by Crippen LogP contribution is 2.41. The van der Waals surface area contributed by atoms with Gasteiger partial charge in [-0.3, -0.25) is 19.9 Å². The molecule has 0 radical (unpaired) electrons. The fraction of sp³-hybridized carbons (Fsp3) is 0.111. The highest BCUT2D eigenvalue weighted by atomic mass is 35.5. The monoisotopic (exact) mass is 405 g/mol. The number of carbonyl (C=O) groups is 1. The summed E-state index contributed by atoms with van der Waals surface area (Å²) in [6.07, 6.45) is 1.41. The van der Waals surface area contributed by atoms with Gasteiger partial charge < -0.3 is 10.4 Å². The lowest BCUT2D eigenvalue weighted by Gasteiger charge is -2.21. The van der Waals surface area contributed by atoms with Crippen LogP contribution in [-0.4, -0.2) is 20.9 Å². The van der Waals surface area contributed by atoms with Crippen LogP contribution in [0.4, 0.5) is 5.69 Å². The van der Waals surface area contributed by atoms with Gasteiger partial charge in [0.2, 0.25) is 5.91 Å². The third kappa shape index (κ3) is 3.65. The molecule has 1 aromatic heterocycles. The van der Waals surface area contributed by atoms with Crippen molar-refractivity contribution in [1.82, 2.24) is 10.3 Å². The Hall–Kier alpha value is -2.90. The number of non-ortho nitro benzene ring substituents is 1. The number of halogens is 2. The summed E-state index contributed by atoms with van der Waals surface area (Å²) in [5.74, 6) is -0.685. The van der Waals surface area contributed by atoms with E-state index in [1.54, 1.807) is 12.1 Å². The van der Waals surface area contributed by atoms with Crippen LogP contribution in [0.3, 0.4) is 0 Å². The summed E-state index contributed by atoms with van der Waals surface area (Å²) < 4.78 is 0. The highest BCUT2D eigenvalue weighted by molar-refractivity contribution is 6.35. The molecule has 0 unspecified atom stereocenters. The number of nitro groups is 1. The van der Waals surface area contributed by atoms with Gasteiger partial charge in [-0.2, -0.15) is 0 Å². The van der Waals surface area contributed by atoms with Crippen molar-refractivity contribution in [3.05, 3.63) is 73.9 Å². The number of rotatable bonds is 4. The number of aromatic hydroxyl groups is 1. The zero-order chi connectivity index (χ0) is 19.7. The number of hydrogen-bond acceptors (Lipinski definition) is 5. The molecule has 0 aliphatic rings. The average molecular weight is 406 g/mol. The van der Waals surface area contributed by atoms with Crippen LogP contribution in [0.2, 0.25) is 10.0 Å². The molecule has 9 heteroatoms. The van der Waals surface area contributed by atoms with Gasteiger partial charge in [0.1, 0.15) is 11.3 Å². The van der Waals surface area contributed by atoms with Gasteiger partial charge in [0, 0.05) is 34.8 Å². The lowest BCUT2D eigenvalue weighted by atomic mass is 9.95. The topological polar surface area (TPSA) is 105 Å². The molecule has 2 aromatic carbocycles. The second-order valence-electron chi connectivity index (χ2n) is 5.79. The summed E-state index contributed by atoms with van der Waals surface area (Å²) in [5.41, 5.74) is 0.344. The van der Waals surface area contributed by atoms with Crippen molar-refractivity contribution in [1.29, 1.82) is 0 Å². The van der Waals surface area contributed by atoms with Crippen LogP contribution in [0, 0.1) is 10.1 Å². The van der Waals surface area contributed by atoms with E-state index in [0.717, 1.165) is 0 Å². The fourth-order valence-electron chi connectivity index (χ4n) is 2.86. The molecule has 0 saturated heterocycles. The van der Waals surface area contributed by atoms with Crippen molar-refractivity contribution in [2.45, 2.75) is 13.0 Å². The highest BCUT2D eigenvalue weighted by Gasteiger charge is 2.27. The Morgan fingerprint density at radius 3 is 2.63 bits per heavy atom. The summed E-state index contributed by atoms with van der Waals surface area (Å²) in [6.45, 7) is 1.29. The molecule has 27 heavy (non-hydrogen) atoms. The van der Waals surface area contributed by atoms with Crippen molar-refractivity contribution < 1.29 is 14.8 Å². The van der Waals surface area contributed by atoms with Crippen molar-refractivity contribution >= 4 is 45.7 Å². The maximum absolute atomic E-state index is 11.8. The minimum atomic E-state index is -0.933. The third-order valence-corrected chi connectivity index (χ3v) is 4.56. The molecule has 1 atom stereocenters. The largest absolute Gasteiger partial charge is 0.505 e. The van der Waals surface area contributed by atoms with Gasteiger partial charge in [-0.25, -0.2) is 0 Å². The number of nitro benzene ring substituents is 1. The first kappa shape index (κ1) is 18.9. The fourth-order valence-corrected chi connectivity index (χ4v) is 3.38. The molecule has 0 bridgehead atoms. The first-order valence-electron chi connectivity index (χ1n) is 7.76. The molecule has 1 amide bonds. The Labute approximate surface area is 163 Å². The molecule has 3 rings (SSSR count). The number of hydrogen-bond donors (Lipinski definition) is 2. The summed E-state index contributed by atoms with van der Waals surface area (Å²) >= 11 is 12.2. The Morgan fingerprint density at radius 1 is 1.26 bits per heavy atom. The van der Waals surface area contributed by atoms with Gasteiger partial charge in [-0.05, 0) is 29.8 Å². The Morgan fingerprint density at radius 2 is 2.00 bits per heavy atom. The van der Waals surface area contributed by atoms with Crippen LogP contribution in [0.5, 0.6) is 5.75 Å². The van der Waals surface area contributed by atoms with Crippen molar-refractivity contribution in [2.75, 3.05) is 0 Å². The lowest BCUT2D eigenvalue weighted by molar-refractivity contribution is -0.383. The number of phenolic OH excluding ortho intramolecular Hbond substituents is 1. The van der Waals surface area contributed by atoms with Gasteiger partial charge >= 0.3 is 0 Å². The molecule has 7 nitrogen and oxygen atoms in total. The SMILES string of the molecule is CC(=O)N[C@H](c1ccc(Cl)cc1Cl)c1cc([N+](=O)[O-])c2cccnc2c1O. The number of phenols is 1. The van der Waals surface area contributed by atoms with Gasteiger partial charge in [-0.1, -0.05) is 29.3 Å². The van der Waals surface area contributed by atoms with E-state index in [1.165, 1.54) is 37.4 Å². The second-order valence-corrected chi connectivity index (χ2v) is 6.63. The van der Waals surface area contributed by atoms with Crippen LogP contribution < -0.4 is 5.32 Å². The molecular formula is C18H13Cl2N3O4. The summed E-state index contributed by atoms with van der Waals surface area (Å²) in [7, 11) is 0. The zero-order valence-electron chi connectivity index (χ0n) is 13.9. The zero-order valence-corrected chi connectivity index (χ0v) is 15.5. The van der Waals surface area contributed by atoms with Crippen LogP contribution in [0.25, 0.3) is 10.9 Å². The first-order chi connectivity index (χ1) is 12.8. The minimum Gasteiger partial charge on any atom is -0.505 e. The number of amides is 1. The second kappa shape index (κ2) is 7.38. The maximum atomic E-state index is 11.8. The quantitative estimate of drug-likeness (QED) is 0.494. The van der Waals surface area contributed by atoms with E-state index in [4.69, 9.17) is 23.2 Å². The summed E-state index contributed by atoms with van der Waals surface area (Å²) in [4.78, 5) is 26.8. The van der Waals surface area contributed by atoms with E-state index in [0.29, 0.717) is 10.6 Å². The van der Waals surface area contributed by atoms with Crippen LogP contribution in [0.1, 0.15) is 24.1 Å². The number of nitrogens with zero attached hydrogens (tertiary/aromatic N) is 2. The Balaban J connectivity index is 2.32. The van der Waals surface area contributed by atoms with Gasteiger partial charge in [0.25, 0.3) is 5.69 Å². The number of aromatic nitrogens is 1. The molecular weight excluding hydrogens is 393 g/mol. The summed E-state index contributed by atoms with van der Waals surface area (Å²) in [5, 5.41) is 25.8. The van der Waals surface area contributed by atoms with Crippen LogP contribution >= 0.6 is 23.2 Å². The van der Waals surface area contributed by atoms with E-state index >= 15 is 0 Å². The molecule has 0 aliphatic heterocycles. The lowest BCUT2D eigenvalue weighted by Crippen LogP contribution is -2.27.